The maximum absolute atomic E-state index is 14.2. The second kappa shape index (κ2) is 3.85. The highest BCUT2D eigenvalue weighted by molar-refractivity contribution is 6.31. The molecule has 0 fully saturated rings. The summed E-state index contributed by atoms with van der Waals surface area (Å²) >= 11 is 5.85. The molecule has 5 heteroatoms. The van der Waals surface area contributed by atoms with E-state index in [1.807, 2.05) is 36.9 Å². The summed E-state index contributed by atoms with van der Waals surface area (Å²) in [5.41, 5.74) is 2.26. The lowest BCUT2D eigenvalue weighted by Crippen LogP contribution is -1.97. The number of fused-ring (bicyclic) bond motifs is 1. The number of rotatable bonds is 1. The van der Waals surface area contributed by atoms with Crippen LogP contribution in [0.15, 0.2) is 30.6 Å². The molecule has 2 aromatic heterocycles. The van der Waals surface area contributed by atoms with Gasteiger partial charge < -0.3 is 4.57 Å². The van der Waals surface area contributed by atoms with Crippen LogP contribution in [0, 0.1) is 12.7 Å². The molecule has 0 atom stereocenters. The molecule has 3 aromatic rings. The maximum atomic E-state index is 14.2. The molecule has 1 aromatic carbocycles. The third-order valence-corrected chi connectivity index (χ3v) is 3.28. The van der Waals surface area contributed by atoms with E-state index in [4.69, 9.17) is 11.6 Å². The number of hydrogen-bond donors (Lipinski definition) is 0. The summed E-state index contributed by atoms with van der Waals surface area (Å²) in [5.74, 6) is -0.397. The molecular weight excluding hydrogens is 253 g/mol. The quantitative estimate of drug-likeness (QED) is 0.659. The number of aryl methyl sites for hydroxylation is 2. The summed E-state index contributed by atoms with van der Waals surface area (Å²) in [6.45, 7) is 1.93. The Bertz CT molecular complexity index is 742. The van der Waals surface area contributed by atoms with Gasteiger partial charge in [0, 0.05) is 24.3 Å². The molecule has 0 aliphatic carbocycles. The van der Waals surface area contributed by atoms with Gasteiger partial charge in [-0.2, -0.15) is 5.10 Å². The number of halogens is 2. The van der Waals surface area contributed by atoms with Gasteiger partial charge >= 0.3 is 0 Å². The number of hydrogen-bond acceptors (Lipinski definition) is 1. The first-order valence-electron chi connectivity index (χ1n) is 5.53. The summed E-state index contributed by atoms with van der Waals surface area (Å²) in [6, 6.07) is 5.33. The van der Waals surface area contributed by atoms with Crippen LogP contribution in [0.25, 0.3) is 16.6 Å². The Labute approximate surface area is 108 Å². The van der Waals surface area contributed by atoms with Crippen molar-refractivity contribution in [3.63, 3.8) is 0 Å². The van der Waals surface area contributed by atoms with Crippen LogP contribution in [0.5, 0.6) is 0 Å². The molecule has 18 heavy (non-hydrogen) atoms. The number of nitrogens with zero attached hydrogens (tertiary/aromatic N) is 3. The lowest BCUT2D eigenvalue weighted by molar-refractivity contribution is 0.634. The van der Waals surface area contributed by atoms with Crippen LogP contribution < -0.4 is 0 Å². The van der Waals surface area contributed by atoms with Crippen LogP contribution in [0.1, 0.15) is 5.69 Å². The Morgan fingerprint density at radius 1 is 1.33 bits per heavy atom. The molecule has 3 nitrogen and oxygen atoms in total. The molecule has 92 valence electrons. The van der Waals surface area contributed by atoms with Crippen molar-refractivity contribution in [3.8, 4) is 5.69 Å². The molecular formula is C13H11ClFN3. The largest absolute Gasteiger partial charge is 0.308 e. The first-order chi connectivity index (χ1) is 8.58. The number of aromatic nitrogens is 3. The third-order valence-electron chi connectivity index (χ3n) is 2.99. The summed E-state index contributed by atoms with van der Waals surface area (Å²) in [6.07, 6.45) is 3.54. The van der Waals surface area contributed by atoms with E-state index < -0.39 is 5.82 Å². The van der Waals surface area contributed by atoms with Gasteiger partial charge in [-0.1, -0.05) is 17.7 Å². The van der Waals surface area contributed by atoms with Crippen molar-refractivity contribution < 1.29 is 4.39 Å². The fraction of sp³-hybridized carbons (Fsp3) is 0.154. The molecule has 0 radical (unpaired) electrons. The Morgan fingerprint density at radius 3 is 2.78 bits per heavy atom. The van der Waals surface area contributed by atoms with Crippen molar-refractivity contribution in [3.05, 3.63) is 47.1 Å². The van der Waals surface area contributed by atoms with Crippen LogP contribution in [-0.4, -0.2) is 14.3 Å². The lowest BCUT2D eigenvalue weighted by atomic mass is 10.2. The Hall–Kier alpha value is -1.81. The summed E-state index contributed by atoms with van der Waals surface area (Å²) in [4.78, 5) is 0. The normalized spacial score (nSPS) is 11.3. The first kappa shape index (κ1) is 11.3. The smallest absolute Gasteiger partial charge is 0.166 e. The van der Waals surface area contributed by atoms with Gasteiger partial charge in [0.1, 0.15) is 0 Å². The minimum Gasteiger partial charge on any atom is -0.308 e. The highest BCUT2D eigenvalue weighted by atomic mass is 35.5. The van der Waals surface area contributed by atoms with Gasteiger partial charge in [0.2, 0.25) is 0 Å². The Morgan fingerprint density at radius 2 is 2.11 bits per heavy atom. The fourth-order valence-electron chi connectivity index (χ4n) is 2.22. The summed E-state index contributed by atoms with van der Waals surface area (Å²) in [5, 5.41) is 5.08. The van der Waals surface area contributed by atoms with Crippen LogP contribution >= 0.6 is 11.6 Å². The molecule has 0 saturated carbocycles. The van der Waals surface area contributed by atoms with Crippen LogP contribution in [-0.2, 0) is 7.05 Å². The third kappa shape index (κ3) is 1.53. The average molecular weight is 264 g/mol. The minimum absolute atomic E-state index is 0.130. The Balaban J connectivity index is 2.41. The van der Waals surface area contributed by atoms with Crippen molar-refractivity contribution in [2.75, 3.05) is 0 Å². The highest BCUT2D eigenvalue weighted by Gasteiger charge is 2.15. The van der Waals surface area contributed by atoms with E-state index in [-0.39, 0.29) is 5.02 Å². The Kier molecular flexibility index (Phi) is 2.41. The van der Waals surface area contributed by atoms with Crippen molar-refractivity contribution in [2.24, 2.45) is 7.05 Å². The molecule has 0 bridgehead atoms. The van der Waals surface area contributed by atoms with E-state index in [9.17, 15) is 4.39 Å². The fourth-order valence-corrected chi connectivity index (χ4v) is 2.37. The molecule has 3 rings (SSSR count). The van der Waals surface area contributed by atoms with Gasteiger partial charge in [-0.25, -0.2) is 4.39 Å². The summed E-state index contributed by atoms with van der Waals surface area (Å²) < 4.78 is 17.7. The van der Waals surface area contributed by atoms with Gasteiger partial charge in [0.25, 0.3) is 0 Å². The zero-order valence-electron chi connectivity index (χ0n) is 9.98. The van der Waals surface area contributed by atoms with Crippen LogP contribution in [0.3, 0.4) is 0 Å². The molecule has 0 aliphatic rings. The van der Waals surface area contributed by atoms with E-state index in [0.29, 0.717) is 5.52 Å². The summed E-state index contributed by atoms with van der Waals surface area (Å²) in [7, 11) is 1.83. The second-order valence-corrected chi connectivity index (χ2v) is 4.70. The zero-order chi connectivity index (χ0) is 12.9. The molecule has 0 spiro atoms. The van der Waals surface area contributed by atoms with E-state index in [2.05, 4.69) is 5.10 Å². The monoisotopic (exact) mass is 263 g/mol. The van der Waals surface area contributed by atoms with E-state index in [1.54, 1.807) is 16.9 Å². The van der Waals surface area contributed by atoms with Crippen LogP contribution in [0.4, 0.5) is 4.39 Å². The average Bonchev–Trinajstić information content (AvgIpc) is 2.87. The van der Waals surface area contributed by atoms with E-state index in [1.165, 1.54) is 0 Å². The van der Waals surface area contributed by atoms with E-state index >= 15 is 0 Å². The van der Waals surface area contributed by atoms with Gasteiger partial charge in [-0.15, -0.1) is 0 Å². The van der Waals surface area contributed by atoms with Crippen molar-refractivity contribution >= 4 is 22.5 Å². The van der Waals surface area contributed by atoms with Crippen LogP contribution in [0.2, 0.25) is 5.02 Å². The van der Waals surface area contributed by atoms with Crippen molar-refractivity contribution in [2.45, 2.75) is 6.92 Å². The lowest BCUT2D eigenvalue weighted by Gasteiger charge is -2.06. The van der Waals surface area contributed by atoms with Crippen molar-refractivity contribution in [1.82, 2.24) is 14.3 Å². The zero-order valence-corrected chi connectivity index (χ0v) is 10.7. The van der Waals surface area contributed by atoms with Gasteiger partial charge in [-0.05, 0) is 19.1 Å². The first-order valence-corrected chi connectivity index (χ1v) is 5.91. The minimum atomic E-state index is -0.397. The second-order valence-electron chi connectivity index (χ2n) is 4.29. The maximum Gasteiger partial charge on any atom is 0.166 e. The van der Waals surface area contributed by atoms with Gasteiger partial charge in [-0.3, -0.25) is 4.68 Å². The molecule has 0 saturated heterocycles. The van der Waals surface area contributed by atoms with Gasteiger partial charge in [0.05, 0.1) is 22.4 Å². The molecule has 0 aliphatic heterocycles. The molecule has 2 heterocycles. The standard InChI is InChI=1S/C13H11ClFN3/c1-8-5-9-3-4-11(14)12(15)13(9)18(8)10-6-16-17(2)7-10/h3-7H,1-2H3. The molecule has 0 amide bonds. The predicted octanol–water partition coefficient (Wildman–Crippen LogP) is 3.46. The number of benzene rings is 1. The SMILES string of the molecule is Cc1cc2ccc(Cl)c(F)c2n1-c1cnn(C)c1. The topological polar surface area (TPSA) is 22.8 Å². The molecule has 0 N–H and O–H groups in total. The van der Waals surface area contributed by atoms with Crippen molar-refractivity contribution in [1.29, 1.82) is 0 Å². The predicted molar refractivity (Wildman–Crippen MR) is 69.7 cm³/mol. The highest BCUT2D eigenvalue weighted by Crippen LogP contribution is 2.29. The van der Waals surface area contributed by atoms with Gasteiger partial charge in [0.15, 0.2) is 5.82 Å². The van der Waals surface area contributed by atoms with E-state index in [0.717, 1.165) is 16.8 Å². The molecule has 0 unspecified atom stereocenters.